The molecule has 8 nitrogen and oxygen atoms in total. The third-order valence-corrected chi connectivity index (χ3v) is 4.62. The molecule has 0 N–H and O–H groups in total. The average Bonchev–Trinajstić information content (AvgIpc) is 2.76. The van der Waals surface area contributed by atoms with E-state index in [-0.39, 0.29) is 29.5 Å². The number of hydrogen-bond donors (Lipinski definition) is 0. The highest BCUT2D eigenvalue weighted by Gasteiger charge is 2.18. The summed E-state index contributed by atoms with van der Waals surface area (Å²) in [6.45, 7) is -0.00110. The van der Waals surface area contributed by atoms with Crippen molar-refractivity contribution >= 4 is 28.7 Å². The second-order valence-corrected chi connectivity index (χ2v) is 6.69. The molecule has 1 amide bonds. The third kappa shape index (κ3) is 4.72. The van der Waals surface area contributed by atoms with E-state index < -0.39 is 4.92 Å². The number of aldehydes is 1. The normalized spacial score (nSPS) is 10.5. The minimum Gasteiger partial charge on any atom is -0.497 e. The smallest absolute Gasteiger partial charge is 0.311 e. The van der Waals surface area contributed by atoms with Crippen molar-refractivity contribution in [3.05, 3.63) is 75.8 Å². The van der Waals surface area contributed by atoms with Crippen LogP contribution in [0.3, 0.4) is 0 Å². The van der Waals surface area contributed by atoms with Gasteiger partial charge in [-0.05, 0) is 46.7 Å². The Morgan fingerprint density at radius 3 is 2.53 bits per heavy atom. The molecule has 0 saturated carbocycles. The molecule has 0 heterocycles. The first kappa shape index (κ1) is 20.8. The first-order chi connectivity index (χ1) is 14.4. The lowest BCUT2D eigenvalue weighted by Crippen LogP contribution is -2.31. The van der Waals surface area contributed by atoms with Gasteiger partial charge in [0.15, 0.2) is 12.4 Å². The molecular formula is C22H20N2O6. The van der Waals surface area contributed by atoms with Gasteiger partial charge in [-0.15, -0.1) is 0 Å². The highest BCUT2D eigenvalue weighted by atomic mass is 16.6. The van der Waals surface area contributed by atoms with Crippen molar-refractivity contribution in [2.45, 2.75) is 6.54 Å². The minimum absolute atomic E-state index is 0.0630. The molecule has 0 fully saturated rings. The number of fused-ring (bicyclic) bond motifs is 1. The topological polar surface area (TPSA) is 99.0 Å². The molecule has 3 rings (SSSR count). The van der Waals surface area contributed by atoms with Crippen molar-refractivity contribution in [2.24, 2.45) is 0 Å². The lowest BCUT2D eigenvalue weighted by atomic mass is 10.1. The van der Waals surface area contributed by atoms with Gasteiger partial charge in [0.05, 0.1) is 12.0 Å². The van der Waals surface area contributed by atoms with Gasteiger partial charge in [-0.3, -0.25) is 19.7 Å². The van der Waals surface area contributed by atoms with Gasteiger partial charge in [0.1, 0.15) is 12.0 Å². The number of ether oxygens (including phenoxy) is 2. The summed E-state index contributed by atoms with van der Waals surface area (Å²) in [6, 6.07) is 15.5. The number of amides is 1. The van der Waals surface area contributed by atoms with Crippen LogP contribution in [0.1, 0.15) is 15.9 Å². The van der Waals surface area contributed by atoms with Crippen LogP contribution >= 0.6 is 0 Å². The molecule has 0 bridgehead atoms. The maximum atomic E-state index is 12.4. The molecule has 3 aromatic rings. The largest absolute Gasteiger partial charge is 0.497 e. The lowest BCUT2D eigenvalue weighted by molar-refractivity contribution is -0.385. The summed E-state index contributed by atoms with van der Waals surface area (Å²) in [7, 11) is 3.25. The van der Waals surface area contributed by atoms with Crippen LogP contribution in [-0.4, -0.2) is 42.8 Å². The Morgan fingerprint density at radius 1 is 1.10 bits per heavy atom. The van der Waals surface area contributed by atoms with E-state index >= 15 is 0 Å². The van der Waals surface area contributed by atoms with E-state index in [4.69, 9.17) is 9.47 Å². The van der Waals surface area contributed by atoms with Crippen molar-refractivity contribution in [3.8, 4) is 11.5 Å². The molecular weight excluding hydrogens is 388 g/mol. The average molecular weight is 408 g/mol. The van der Waals surface area contributed by atoms with Crippen LogP contribution in [0.4, 0.5) is 5.69 Å². The number of rotatable bonds is 8. The molecule has 0 unspecified atom stereocenters. The fourth-order valence-corrected chi connectivity index (χ4v) is 2.98. The predicted molar refractivity (Wildman–Crippen MR) is 111 cm³/mol. The first-order valence-electron chi connectivity index (χ1n) is 9.08. The summed E-state index contributed by atoms with van der Waals surface area (Å²) < 4.78 is 10.6. The molecule has 0 aliphatic rings. The second kappa shape index (κ2) is 9.04. The van der Waals surface area contributed by atoms with Crippen LogP contribution in [0.5, 0.6) is 11.5 Å². The molecule has 0 radical (unpaired) electrons. The zero-order valence-electron chi connectivity index (χ0n) is 16.5. The first-order valence-corrected chi connectivity index (χ1v) is 9.08. The van der Waals surface area contributed by atoms with Gasteiger partial charge < -0.3 is 14.4 Å². The number of nitro benzene ring substituents is 1. The maximum absolute atomic E-state index is 12.4. The Labute approximate surface area is 172 Å². The number of methoxy groups -OCH3 is 1. The number of carbonyl (C=O) groups is 2. The Morgan fingerprint density at radius 2 is 1.83 bits per heavy atom. The number of benzene rings is 3. The predicted octanol–water partition coefficient (Wildman–Crippen LogP) is 3.61. The third-order valence-electron chi connectivity index (χ3n) is 4.62. The van der Waals surface area contributed by atoms with E-state index in [0.717, 1.165) is 28.2 Å². The summed E-state index contributed by atoms with van der Waals surface area (Å²) in [5.41, 5.74) is 0.733. The van der Waals surface area contributed by atoms with Crippen LogP contribution in [0.25, 0.3) is 10.8 Å². The van der Waals surface area contributed by atoms with E-state index in [1.165, 1.54) is 17.0 Å². The molecule has 30 heavy (non-hydrogen) atoms. The van der Waals surface area contributed by atoms with E-state index in [1.54, 1.807) is 14.2 Å². The number of nitro groups is 1. The fourth-order valence-electron chi connectivity index (χ4n) is 2.98. The zero-order chi connectivity index (χ0) is 21.7. The van der Waals surface area contributed by atoms with E-state index in [0.29, 0.717) is 12.8 Å². The SMILES string of the molecule is COc1ccc2cc(CN(C)C(=O)COc3ccc(C=O)cc3[N+](=O)[O-])ccc2c1. The van der Waals surface area contributed by atoms with E-state index in [2.05, 4.69) is 0 Å². The molecule has 0 aromatic heterocycles. The highest BCUT2D eigenvalue weighted by molar-refractivity contribution is 5.85. The molecule has 0 aliphatic heterocycles. The Kier molecular flexibility index (Phi) is 6.26. The van der Waals surface area contributed by atoms with Crippen LogP contribution in [0.15, 0.2) is 54.6 Å². The lowest BCUT2D eigenvalue weighted by Gasteiger charge is -2.18. The van der Waals surface area contributed by atoms with Gasteiger partial charge in [0, 0.05) is 25.2 Å². The molecule has 8 heteroatoms. The quantitative estimate of drug-likeness (QED) is 0.321. The molecule has 0 saturated heterocycles. The summed E-state index contributed by atoms with van der Waals surface area (Å²) in [5.74, 6) is 0.376. The summed E-state index contributed by atoms with van der Waals surface area (Å²) in [5, 5.41) is 13.2. The standard InChI is InChI=1S/C22H20N2O6/c1-23(12-15-3-5-18-11-19(29-2)7-6-17(18)9-15)22(26)14-30-21-8-4-16(13-25)10-20(21)24(27)28/h3-11,13H,12,14H2,1-2H3. The van der Waals surface area contributed by atoms with Gasteiger partial charge in [0.25, 0.3) is 5.91 Å². The van der Waals surface area contributed by atoms with Crippen LogP contribution in [-0.2, 0) is 11.3 Å². The Bertz CT molecular complexity index is 1110. The molecule has 3 aromatic carbocycles. The molecule has 0 aliphatic carbocycles. The van der Waals surface area contributed by atoms with E-state index in [9.17, 15) is 19.7 Å². The van der Waals surface area contributed by atoms with Crippen molar-refractivity contribution in [1.82, 2.24) is 4.90 Å². The summed E-state index contributed by atoms with van der Waals surface area (Å²) >= 11 is 0. The van der Waals surface area contributed by atoms with Crippen LogP contribution in [0.2, 0.25) is 0 Å². The van der Waals surface area contributed by atoms with Gasteiger partial charge in [-0.2, -0.15) is 0 Å². The number of nitrogens with zero attached hydrogens (tertiary/aromatic N) is 2. The summed E-state index contributed by atoms with van der Waals surface area (Å²) in [4.78, 5) is 35.2. The molecule has 0 spiro atoms. The van der Waals surface area contributed by atoms with E-state index in [1.807, 2.05) is 36.4 Å². The fraction of sp³-hybridized carbons (Fsp3) is 0.182. The molecule has 154 valence electrons. The number of carbonyl (C=O) groups excluding carboxylic acids is 2. The van der Waals surface area contributed by atoms with Crippen molar-refractivity contribution in [1.29, 1.82) is 0 Å². The summed E-state index contributed by atoms with van der Waals surface area (Å²) in [6.07, 6.45) is 0.509. The monoisotopic (exact) mass is 408 g/mol. The Hall–Kier alpha value is -3.94. The van der Waals surface area contributed by atoms with Gasteiger partial charge in [-0.25, -0.2) is 0 Å². The second-order valence-electron chi connectivity index (χ2n) is 6.69. The molecule has 0 atom stereocenters. The highest BCUT2D eigenvalue weighted by Crippen LogP contribution is 2.27. The van der Waals surface area contributed by atoms with Gasteiger partial charge in [-0.1, -0.05) is 18.2 Å². The van der Waals surface area contributed by atoms with Gasteiger partial charge >= 0.3 is 5.69 Å². The van der Waals surface area contributed by atoms with Crippen LogP contribution < -0.4 is 9.47 Å². The number of likely N-dealkylation sites (N-methyl/N-ethyl adjacent to an activating group) is 1. The maximum Gasteiger partial charge on any atom is 0.311 e. The van der Waals surface area contributed by atoms with Crippen molar-refractivity contribution < 1.29 is 24.0 Å². The minimum atomic E-state index is -0.652. The van der Waals surface area contributed by atoms with Crippen molar-refractivity contribution in [2.75, 3.05) is 20.8 Å². The van der Waals surface area contributed by atoms with Gasteiger partial charge in [0.2, 0.25) is 0 Å². The Balaban J connectivity index is 1.66. The zero-order valence-corrected chi connectivity index (χ0v) is 16.5. The number of hydrogen-bond acceptors (Lipinski definition) is 6. The van der Waals surface area contributed by atoms with Crippen molar-refractivity contribution in [3.63, 3.8) is 0 Å². The van der Waals surface area contributed by atoms with Crippen LogP contribution in [0, 0.1) is 10.1 Å².